The summed E-state index contributed by atoms with van der Waals surface area (Å²) in [6, 6.07) is 37.0. The maximum Gasteiger partial charge on any atom is 0.321 e. The Balaban J connectivity index is 1.30. The van der Waals surface area contributed by atoms with Crippen molar-refractivity contribution in [2.75, 3.05) is 25.0 Å². The molecule has 1 aromatic heterocycles. The molecular weight excluding hydrogens is 608 g/mol. The molecule has 0 radical (unpaired) electrons. The van der Waals surface area contributed by atoms with Gasteiger partial charge in [0.25, 0.3) is 0 Å². The maximum absolute atomic E-state index is 13.5. The number of carbonyl (C=O) groups excluding carboxylic acids is 1. The Kier molecular flexibility index (Phi) is 9.04. The van der Waals surface area contributed by atoms with Crippen LogP contribution in [0.3, 0.4) is 0 Å². The highest BCUT2D eigenvalue weighted by Gasteiger charge is 2.41. The van der Waals surface area contributed by atoms with E-state index in [1.165, 1.54) is 0 Å². The molecule has 0 aliphatic carbocycles. The number of benzene rings is 4. The first kappa shape index (κ1) is 32.3. The number of nitrogens with zero attached hydrogens (tertiary/aromatic N) is 5. The highest BCUT2D eigenvalue weighted by Crippen LogP contribution is 2.41. The topological polar surface area (TPSA) is 85.2 Å². The van der Waals surface area contributed by atoms with Crippen molar-refractivity contribution >= 4 is 11.7 Å². The average Bonchev–Trinajstić information content (AvgIpc) is 3.64. The average molecular weight is 653 g/mol. The van der Waals surface area contributed by atoms with Crippen LogP contribution in [0.1, 0.15) is 68.2 Å². The summed E-state index contributed by atoms with van der Waals surface area (Å²) < 4.78 is 5.54. The van der Waals surface area contributed by atoms with Gasteiger partial charge in [-0.3, -0.25) is 0 Å². The van der Waals surface area contributed by atoms with Gasteiger partial charge in [-0.2, -0.15) is 0 Å². The summed E-state index contributed by atoms with van der Waals surface area (Å²) in [5.74, 6) is 1.21. The number of likely N-dealkylation sites (tertiary alicyclic amines) is 1. The Morgan fingerprint density at radius 3 is 1.92 bits per heavy atom. The highest BCUT2D eigenvalue weighted by molar-refractivity contribution is 5.90. The molecule has 49 heavy (non-hydrogen) atoms. The molecule has 5 aromatic rings. The number of piperidine rings is 1. The number of urea groups is 1. The van der Waals surface area contributed by atoms with Gasteiger partial charge in [0, 0.05) is 30.3 Å². The quantitative estimate of drug-likeness (QED) is 0.178. The molecule has 1 fully saturated rings. The van der Waals surface area contributed by atoms with Crippen LogP contribution >= 0.6 is 0 Å². The van der Waals surface area contributed by atoms with Gasteiger partial charge in [-0.05, 0) is 76.3 Å². The number of hydrogen-bond acceptors (Lipinski definition) is 5. The first-order valence-corrected chi connectivity index (χ1v) is 17.3. The summed E-state index contributed by atoms with van der Waals surface area (Å²) in [6.45, 7) is 9.00. The molecule has 2 amide bonds. The molecule has 0 bridgehead atoms. The van der Waals surface area contributed by atoms with E-state index in [2.05, 4.69) is 74.6 Å². The molecule has 2 aliphatic rings. The normalized spacial score (nSPS) is 17.0. The van der Waals surface area contributed by atoms with Crippen LogP contribution in [-0.2, 0) is 10.3 Å². The Hall–Kier alpha value is -5.24. The summed E-state index contributed by atoms with van der Waals surface area (Å²) in [7, 11) is 0. The van der Waals surface area contributed by atoms with Gasteiger partial charge in [-0.25, -0.2) is 4.79 Å². The van der Waals surface area contributed by atoms with Gasteiger partial charge < -0.3 is 15.0 Å². The van der Waals surface area contributed by atoms with Crippen LogP contribution in [0, 0.1) is 11.3 Å². The number of amides is 2. The van der Waals surface area contributed by atoms with Crippen molar-refractivity contribution in [3.05, 3.63) is 144 Å². The minimum absolute atomic E-state index is 0.0788. The number of ether oxygens (including phenoxy) is 1. The molecule has 1 unspecified atom stereocenters. The van der Waals surface area contributed by atoms with E-state index in [4.69, 9.17) is 20.1 Å². The van der Waals surface area contributed by atoms with Crippen LogP contribution in [0.15, 0.2) is 122 Å². The van der Waals surface area contributed by atoms with Crippen LogP contribution in [0.5, 0.6) is 0 Å². The number of hydrogen-bond donors (Lipinski definition) is 1. The van der Waals surface area contributed by atoms with Gasteiger partial charge in [0.1, 0.15) is 0 Å². The predicted octanol–water partition coefficient (Wildman–Crippen LogP) is 8.49. The largest absolute Gasteiger partial charge is 0.501 e. The molecule has 8 nitrogen and oxygen atoms in total. The zero-order valence-electron chi connectivity index (χ0n) is 28.5. The predicted molar refractivity (Wildman–Crippen MR) is 193 cm³/mol. The summed E-state index contributed by atoms with van der Waals surface area (Å²) >= 11 is 0. The second-order valence-electron chi connectivity index (χ2n) is 14.2. The van der Waals surface area contributed by atoms with Crippen molar-refractivity contribution in [2.45, 2.75) is 51.5 Å². The van der Waals surface area contributed by atoms with Gasteiger partial charge in [-0.15, -0.1) is 15.0 Å². The van der Waals surface area contributed by atoms with Crippen LogP contribution < -0.4 is 5.32 Å². The molecule has 1 saturated heterocycles. The molecule has 250 valence electrons. The zero-order valence-corrected chi connectivity index (χ0v) is 28.5. The zero-order chi connectivity index (χ0) is 33.8. The lowest BCUT2D eigenvalue weighted by Gasteiger charge is -2.38. The molecule has 8 heteroatoms. The van der Waals surface area contributed by atoms with Crippen LogP contribution in [-0.4, -0.2) is 50.8 Å². The summed E-state index contributed by atoms with van der Waals surface area (Å²) in [6.07, 6.45) is 6.69. The van der Waals surface area contributed by atoms with E-state index in [0.29, 0.717) is 24.0 Å². The first-order valence-electron chi connectivity index (χ1n) is 17.3. The first-order chi connectivity index (χ1) is 23.8. The van der Waals surface area contributed by atoms with Crippen molar-refractivity contribution < 1.29 is 9.53 Å². The molecule has 0 spiro atoms. The van der Waals surface area contributed by atoms with E-state index in [0.717, 1.165) is 60.2 Å². The molecule has 7 rings (SSSR count). The van der Waals surface area contributed by atoms with Crippen LogP contribution in [0.4, 0.5) is 10.5 Å². The second kappa shape index (κ2) is 13.7. The summed E-state index contributed by atoms with van der Waals surface area (Å²) in [5.41, 5.74) is 4.99. The number of aromatic nitrogens is 4. The Bertz CT molecular complexity index is 1790. The van der Waals surface area contributed by atoms with Crippen LogP contribution in [0.25, 0.3) is 11.4 Å². The standard InChI is InChI=1S/C41H44N6O2/c1-40(2,3)31-21-25-46(26-22-31)39(48)42-35-19-20-36(30-23-27-49-28-24-30)37(29-35)38-43-45-47(44-38)41(32-13-7-4-8-14-32,33-15-9-5-10-16-33)34-17-11-6-12-18-34/h4-20,23,27,29-31H,21-22,24-26,28H2,1-3H3,(H,42,48). The molecule has 3 heterocycles. The second-order valence-corrected chi connectivity index (χ2v) is 14.2. The number of carbonyl (C=O) groups is 1. The fourth-order valence-corrected chi connectivity index (χ4v) is 7.42. The fourth-order valence-electron chi connectivity index (χ4n) is 7.42. The third kappa shape index (κ3) is 6.47. The van der Waals surface area contributed by atoms with Gasteiger partial charge in [0.2, 0.25) is 5.82 Å². The molecule has 4 aromatic carbocycles. The van der Waals surface area contributed by atoms with Gasteiger partial charge >= 0.3 is 6.03 Å². The third-order valence-corrected chi connectivity index (χ3v) is 10.2. The van der Waals surface area contributed by atoms with E-state index in [1.54, 1.807) is 11.1 Å². The van der Waals surface area contributed by atoms with Crippen molar-refractivity contribution in [1.29, 1.82) is 0 Å². The number of anilines is 1. The van der Waals surface area contributed by atoms with E-state index in [-0.39, 0.29) is 17.4 Å². The Morgan fingerprint density at radius 1 is 0.796 bits per heavy atom. The monoisotopic (exact) mass is 652 g/mol. The number of nitrogens with one attached hydrogen (secondary N) is 1. The van der Waals surface area contributed by atoms with Crippen molar-refractivity contribution in [3.63, 3.8) is 0 Å². The Labute approximate surface area is 288 Å². The van der Waals surface area contributed by atoms with Gasteiger partial charge in [0.15, 0.2) is 5.54 Å². The third-order valence-electron chi connectivity index (χ3n) is 10.2. The van der Waals surface area contributed by atoms with E-state index < -0.39 is 5.54 Å². The Morgan fingerprint density at radius 2 is 1.39 bits per heavy atom. The van der Waals surface area contributed by atoms with Crippen molar-refractivity contribution in [1.82, 2.24) is 25.1 Å². The number of allylic oxidation sites excluding steroid dienone is 1. The van der Waals surface area contributed by atoms with E-state index in [9.17, 15) is 4.79 Å². The maximum atomic E-state index is 13.5. The van der Waals surface area contributed by atoms with Crippen molar-refractivity contribution in [2.24, 2.45) is 11.3 Å². The SMILES string of the molecule is CC(C)(C)C1CCN(C(=O)Nc2ccc(C3C=COCC3)c(-c3nnn(C(c4ccccc4)(c4ccccc4)c4ccccc4)n3)c2)CC1. The molecule has 1 atom stereocenters. The van der Waals surface area contributed by atoms with Gasteiger partial charge in [0.05, 0.1) is 12.9 Å². The highest BCUT2D eigenvalue weighted by atomic mass is 16.5. The molecule has 1 N–H and O–H groups in total. The fraction of sp³-hybridized carbons (Fsp3) is 0.317. The lowest BCUT2D eigenvalue weighted by atomic mass is 9.75. The molecular formula is C41H44N6O2. The lowest BCUT2D eigenvalue weighted by Crippen LogP contribution is -2.43. The minimum Gasteiger partial charge on any atom is -0.501 e. The van der Waals surface area contributed by atoms with Crippen molar-refractivity contribution in [3.8, 4) is 11.4 Å². The minimum atomic E-state index is -0.890. The van der Waals surface area contributed by atoms with E-state index >= 15 is 0 Å². The van der Waals surface area contributed by atoms with Gasteiger partial charge in [-0.1, -0.05) is 118 Å². The van der Waals surface area contributed by atoms with E-state index in [1.807, 2.05) is 71.6 Å². The summed E-state index contributed by atoms with van der Waals surface area (Å²) in [4.78, 5) is 17.2. The number of rotatable bonds is 7. The number of tetrazole rings is 1. The van der Waals surface area contributed by atoms with Crippen LogP contribution in [0.2, 0.25) is 0 Å². The lowest BCUT2D eigenvalue weighted by molar-refractivity contribution is 0.128. The smallest absolute Gasteiger partial charge is 0.321 e. The molecule has 0 saturated carbocycles. The molecule has 2 aliphatic heterocycles. The summed E-state index contributed by atoms with van der Waals surface area (Å²) in [5, 5.41) is 17.9.